The van der Waals surface area contributed by atoms with Gasteiger partial charge in [0, 0.05) is 77.2 Å². The summed E-state index contributed by atoms with van der Waals surface area (Å²) in [5.74, 6) is -1.18. The summed E-state index contributed by atoms with van der Waals surface area (Å²) in [7, 11) is -11.9. The predicted molar refractivity (Wildman–Crippen MR) is 174 cm³/mol. The van der Waals surface area contributed by atoms with E-state index >= 15 is 0 Å². The number of hydrogen-bond donors (Lipinski definition) is 6. The molecule has 0 bridgehead atoms. The Labute approximate surface area is 283 Å². The van der Waals surface area contributed by atoms with Crippen LogP contribution in [0, 0.1) is 0 Å². The Morgan fingerprint density at radius 3 is 0.930 bits per heavy atom. The molecule has 1 aliphatic rings. The van der Waals surface area contributed by atoms with E-state index in [4.69, 9.17) is 9.11 Å². The van der Waals surface area contributed by atoms with Crippen molar-refractivity contribution in [3.8, 4) is 0 Å². The molecule has 1 heterocycles. The summed E-state index contributed by atoms with van der Waals surface area (Å²) in [6.07, 6.45) is 2.44. The molecule has 1 saturated heterocycles. The second kappa shape index (κ2) is 29.5. The van der Waals surface area contributed by atoms with Gasteiger partial charge < -0.3 is 30.4 Å². The number of rotatable bonds is 14. The summed E-state index contributed by atoms with van der Waals surface area (Å²) in [5, 5.41) is 13.7. The Hall–Kier alpha value is 1.37. The van der Waals surface area contributed by atoms with Crippen LogP contribution in [0.3, 0.4) is 0 Å². The zero-order chi connectivity index (χ0) is 32.4. The summed E-state index contributed by atoms with van der Waals surface area (Å²) < 4.78 is 118. The van der Waals surface area contributed by atoms with Crippen LogP contribution in [0.1, 0.15) is 14.3 Å². The topological polar surface area (TPSA) is 271 Å². The first-order chi connectivity index (χ1) is 19.4. The molecular formula is C18H43N4NiO12S8-. The van der Waals surface area contributed by atoms with Crippen molar-refractivity contribution in [1.29, 1.82) is 0 Å². The molecule has 25 heteroatoms. The van der Waals surface area contributed by atoms with Crippen LogP contribution in [0.2, 0.25) is 0 Å². The van der Waals surface area contributed by atoms with Gasteiger partial charge in [0.15, 0.2) is 0 Å². The van der Waals surface area contributed by atoms with Gasteiger partial charge in [0.05, 0.1) is 31.7 Å². The van der Waals surface area contributed by atoms with Crippen molar-refractivity contribution in [2.45, 2.75) is 12.8 Å². The first kappa shape index (κ1) is 48.8. The molecule has 16 nitrogen and oxygen atoms in total. The van der Waals surface area contributed by atoms with E-state index < -0.39 is 52.0 Å². The third kappa shape index (κ3) is 53.2. The fourth-order valence-corrected chi connectivity index (χ4v) is 11.1. The van der Waals surface area contributed by atoms with Gasteiger partial charge in [-0.2, -0.15) is 16.8 Å². The van der Waals surface area contributed by atoms with Crippen LogP contribution in [0.25, 0.3) is 0 Å². The van der Waals surface area contributed by atoms with Gasteiger partial charge in [-0.1, -0.05) is 43.2 Å². The maximum Gasteiger partial charge on any atom is 1.00 e. The number of nitrogens with one attached hydrogen (secondary N) is 4. The zero-order valence-corrected chi connectivity index (χ0v) is 30.8. The van der Waals surface area contributed by atoms with Crippen molar-refractivity contribution in [1.82, 2.24) is 21.3 Å². The van der Waals surface area contributed by atoms with Crippen LogP contribution >= 0.6 is 43.2 Å². The van der Waals surface area contributed by atoms with E-state index in [1.54, 1.807) is 0 Å². The molecule has 0 amide bonds. The Morgan fingerprint density at radius 2 is 0.721 bits per heavy atom. The molecule has 0 radical (unpaired) electrons. The molecule has 1 rings (SSSR count). The average molecular weight is 823 g/mol. The molecule has 0 aromatic carbocycles. The molecule has 43 heavy (non-hydrogen) atoms. The molecule has 0 saturated carbocycles. The van der Waals surface area contributed by atoms with E-state index in [1.165, 1.54) is 12.8 Å². The van der Waals surface area contributed by atoms with Crippen LogP contribution in [0.4, 0.5) is 0 Å². The molecule has 0 unspecified atom stereocenters. The van der Waals surface area contributed by atoms with Crippen LogP contribution in [-0.4, -0.2) is 150 Å². The van der Waals surface area contributed by atoms with Crippen molar-refractivity contribution >= 4 is 83.6 Å². The quantitative estimate of drug-likeness (QED) is 0.0523. The molecule has 1 fully saturated rings. The molecule has 266 valence electrons. The minimum absolute atomic E-state index is 0. The fraction of sp³-hybridized carbons (Fsp3) is 1.00. The van der Waals surface area contributed by atoms with Crippen molar-refractivity contribution in [3.05, 3.63) is 0 Å². The summed E-state index contributed by atoms with van der Waals surface area (Å²) in [4.78, 5) is 0. The molecule has 0 aromatic rings. The Morgan fingerprint density at radius 1 is 0.488 bits per heavy atom. The fourth-order valence-electron chi connectivity index (χ4n) is 2.32. The minimum atomic E-state index is -4.19. The molecule has 1 aliphatic heterocycles. The van der Waals surface area contributed by atoms with Gasteiger partial charge in [0.1, 0.15) is 0 Å². The van der Waals surface area contributed by atoms with Gasteiger partial charge in [0.2, 0.25) is 0 Å². The Balaban J connectivity index is -0.000000267. The van der Waals surface area contributed by atoms with Gasteiger partial charge in [0.25, 0.3) is 20.2 Å². The standard InChI is InChI=1S/C10H24N4.2C4H10O6S4.Ni/c1-3-11-7-9-13-5-2-6-14-10-8-12-4-1;2*5-13(6,7)3-1-11-12-2-4-14(8,9)10;/h11-14H,1-10H2;2*1-4H2,(H,5,6,7)(H,8,9,10);/p-1. The maximum absolute atomic E-state index is 10.2. The van der Waals surface area contributed by atoms with E-state index in [2.05, 4.69) is 21.3 Å². The van der Waals surface area contributed by atoms with E-state index in [1.807, 2.05) is 0 Å². The van der Waals surface area contributed by atoms with E-state index in [0.717, 1.165) is 95.5 Å². The van der Waals surface area contributed by atoms with Crippen molar-refractivity contribution in [3.63, 3.8) is 0 Å². The average Bonchev–Trinajstić information content (AvgIpc) is 2.83. The number of hydrogen-bond acceptors (Lipinski definition) is 18. The van der Waals surface area contributed by atoms with Gasteiger partial charge in [-0.25, -0.2) is 16.8 Å². The SMILES string of the molecule is C1CNCCNCCCNCCNC1.O=S(=O)([O-])CCSSCCS(=O)(=O)O.O=S(=O)([O-])CCSSCCS(=O)(=O)O.[H+].[Ni]. The molecule has 0 atom stereocenters. The Kier molecular flexibility index (Phi) is 33.5. The van der Waals surface area contributed by atoms with Crippen LogP contribution in [-0.2, 0) is 57.0 Å². The molecule has 6 N–H and O–H groups in total. The second-order valence-corrected chi connectivity index (χ2v) is 19.7. The van der Waals surface area contributed by atoms with E-state index in [0.29, 0.717) is 0 Å². The van der Waals surface area contributed by atoms with Crippen LogP contribution in [0.15, 0.2) is 0 Å². The summed E-state index contributed by atoms with van der Waals surface area (Å²) >= 11 is 0. The monoisotopic (exact) mass is 821 g/mol. The van der Waals surface area contributed by atoms with Gasteiger partial charge in [-0.3, -0.25) is 9.11 Å². The zero-order valence-electron chi connectivity index (χ0n) is 24.3. The molecular weight excluding hydrogens is 779 g/mol. The minimum Gasteiger partial charge on any atom is -0.748 e. The Bertz CT molecular complexity index is 894. The van der Waals surface area contributed by atoms with E-state index in [9.17, 15) is 42.8 Å². The first-order valence-corrected chi connectivity index (χ1v) is 23.9. The smallest absolute Gasteiger partial charge is 0.748 e. The third-order valence-corrected chi connectivity index (χ3v) is 12.9. The maximum atomic E-state index is 10.2. The molecule has 0 aromatic heterocycles. The van der Waals surface area contributed by atoms with Gasteiger partial charge in [-0.05, 0) is 39.0 Å². The second-order valence-electron chi connectivity index (χ2n) is 8.09. The van der Waals surface area contributed by atoms with Gasteiger partial charge in [-0.15, -0.1) is 0 Å². The summed E-state index contributed by atoms with van der Waals surface area (Å²) in [6.45, 7) is 8.87. The largest absolute Gasteiger partial charge is 1.00 e. The van der Waals surface area contributed by atoms with Crippen LogP contribution < -0.4 is 21.3 Å². The first-order valence-electron chi connectivity index (χ1n) is 12.5. The summed E-state index contributed by atoms with van der Waals surface area (Å²) in [6, 6.07) is 0. The van der Waals surface area contributed by atoms with E-state index in [-0.39, 0.29) is 52.4 Å². The van der Waals surface area contributed by atoms with Crippen LogP contribution in [0.5, 0.6) is 0 Å². The summed E-state index contributed by atoms with van der Waals surface area (Å²) in [5.41, 5.74) is 0. The molecule has 0 spiro atoms. The van der Waals surface area contributed by atoms with Crippen molar-refractivity contribution in [2.24, 2.45) is 0 Å². The normalized spacial score (nSPS) is 16.3. The molecule has 0 aliphatic carbocycles. The third-order valence-electron chi connectivity index (χ3n) is 4.22. The van der Waals surface area contributed by atoms with Crippen molar-refractivity contribution in [2.75, 3.05) is 98.4 Å². The van der Waals surface area contributed by atoms with Gasteiger partial charge >= 0.3 is 1.43 Å². The van der Waals surface area contributed by atoms with Crippen molar-refractivity contribution < 1.29 is 69.8 Å². The predicted octanol–water partition coefficient (Wildman–Crippen LogP) is -1.15.